The van der Waals surface area contributed by atoms with Crippen LogP contribution in [-0.2, 0) is 11.0 Å². The van der Waals surface area contributed by atoms with Crippen LogP contribution in [0.25, 0.3) is 0 Å². The highest BCUT2D eigenvalue weighted by atomic mass is 19.4. The third kappa shape index (κ3) is 6.63. The summed E-state index contributed by atoms with van der Waals surface area (Å²) in [6.07, 6.45) is -0.240. The van der Waals surface area contributed by atoms with Crippen molar-refractivity contribution in [2.24, 2.45) is 0 Å². The second-order valence-electron chi connectivity index (χ2n) is 9.74. The zero-order valence-corrected chi connectivity index (χ0v) is 20.7. The molecule has 0 aromatic heterocycles. The molecule has 0 saturated carbocycles. The first-order chi connectivity index (χ1) is 17.2. The van der Waals surface area contributed by atoms with Crippen LogP contribution in [0.2, 0.25) is 0 Å². The molecular formula is C27H35F3N4O2. The summed E-state index contributed by atoms with van der Waals surface area (Å²) in [6.45, 7) is 3.91. The number of likely N-dealkylation sites (tertiary alicyclic amines) is 2. The Balaban J connectivity index is 1.16. The minimum atomic E-state index is -4.30. The van der Waals surface area contributed by atoms with Crippen molar-refractivity contribution in [3.05, 3.63) is 53.6 Å². The van der Waals surface area contributed by atoms with Crippen LogP contribution in [0.15, 0.2) is 42.5 Å². The molecule has 2 aliphatic rings. The Labute approximate surface area is 210 Å². The van der Waals surface area contributed by atoms with Gasteiger partial charge in [0.1, 0.15) is 5.75 Å². The van der Waals surface area contributed by atoms with Gasteiger partial charge in [0, 0.05) is 43.9 Å². The van der Waals surface area contributed by atoms with E-state index in [1.807, 2.05) is 23.1 Å². The summed E-state index contributed by atoms with van der Waals surface area (Å²) in [5.41, 5.74) is 7.81. The predicted octanol–water partition coefficient (Wildman–Crippen LogP) is 4.97. The summed E-state index contributed by atoms with van der Waals surface area (Å²) < 4.78 is 43.7. The van der Waals surface area contributed by atoms with E-state index in [4.69, 9.17) is 10.5 Å². The van der Waals surface area contributed by atoms with Gasteiger partial charge in [-0.15, -0.1) is 0 Å². The van der Waals surface area contributed by atoms with Gasteiger partial charge in [-0.05, 0) is 74.5 Å². The number of hydrogen-bond donors (Lipinski definition) is 2. The van der Waals surface area contributed by atoms with Crippen molar-refractivity contribution in [1.82, 2.24) is 9.80 Å². The molecular weight excluding hydrogens is 469 g/mol. The van der Waals surface area contributed by atoms with Gasteiger partial charge in [-0.3, -0.25) is 4.79 Å². The average Bonchev–Trinajstić information content (AvgIpc) is 2.88. The van der Waals surface area contributed by atoms with E-state index in [0.29, 0.717) is 23.9 Å². The van der Waals surface area contributed by atoms with Gasteiger partial charge in [0.2, 0.25) is 5.91 Å². The molecule has 0 radical (unpaired) electrons. The van der Waals surface area contributed by atoms with Crippen molar-refractivity contribution in [1.29, 1.82) is 0 Å². The zero-order chi connectivity index (χ0) is 25.7. The number of carbonyl (C=O) groups excluding carboxylic acids is 1. The van der Waals surface area contributed by atoms with E-state index in [-0.39, 0.29) is 11.8 Å². The molecule has 3 N–H and O–H groups in total. The lowest BCUT2D eigenvalue weighted by Crippen LogP contribution is -2.43. The number of ether oxygens (including phenoxy) is 1. The van der Waals surface area contributed by atoms with Gasteiger partial charge in [0.25, 0.3) is 0 Å². The third-order valence-corrected chi connectivity index (χ3v) is 7.39. The van der Waals surface area contributed by atoms with Crippen molar-refractivity contribution in [2.45, 2.75) is 50.2 Å². The van der Waals surface area contributed by atoms with Crippen LogP contribution < -0.4 is 15.8 Å². The molecule has 2 fully saturated rings. The summed E-state index contributed by atoms with van der Waals surface area (Å²) in [6, 6.07) is 11.5. The highest BCUT2D eigenvalue weighted by Gasteiger charge is 2.31. The molecule has 9 heteroatoms. The first-order valence-electron chi connectivity index (χ1n) is 12.6. The number of rotatable bonds is 7. The molecule has 0 aliphatic carbocycles. The van der Waals surface area contributed by atoms with Crippen LogP contribution in [0, 0.1) is 0 Å². The second-order valence-corrected chi connectivity index (χ2v) is 9.74. The average molecular weight is 505 g/mol. The summed E-state index contributed by atoms with van der Waals surface area (Å²) >= 11 is 0. The summed E-state index contributed by atoms with van der Waals surface area (Å²) in [5, 5.41) is 3.52. The molecule has 0 atom stereocenters. The number of piperidine rings is 2. The molecule has 2 heterocycles. The first-order valence-corrected chi connectivity index (χ1v) is 12.6. The van der Waals surface area contributed by atoms with Gasteiger partial charge in [-0.2, -0.15) is 13.2 Å². The lowest BCUT2D eigenvalue weighted by Gasteiger charge is -2.35. The number of halogens is 3. The van der Waals surface area contributed by atoms with Crippen molar-refractivity contribution in [2.75, 3.05) is 50.9 Å². The maximum absolute atomic E-state index is 12.8. The number of amides is 1. The second kappa shape index (κ2) is 11.4. The van der Waals surface area contributed by atoms with E-state index >= 15 is 0 Å². The molecule has 6 nitrogen and oxygen atoms in total. The molecule has 2 saturated heterocycles. The number of nitrogens with zero attached hydrogens (tertiary/aromatic N) is 2. The number of nitrogens with two attached hydrogens (primary N) is 1. The first kappa shape index (κ1) is 26.1. The van der Waals surface area contributed by atoms with E-state index in [1.165, 1.54) is 12.1 Å². The monoisotopic (exact) mass is 504 g/mol. The molecule has 2 aliphatic heterocycles. The molecule has 0 bridgehead atoms. The molecule has 4 rings (SSSR count). The summed E-state index contributed by atoms with van der Waals surface area (Å²) in [7, 11) is 1.60. The maximum Gasteiger partial charge on any atom is 0.416 e. The van der Waals surface area contributed by atoms with Gasteiger partial charge in [0.05, 0.1) is 18.4 Å². The Morgan fingerprint density at radius 3 is 2.31 bits per heavy atom. The van der Waals surface area contributed by atoms with Crippen LogP contribution in [0.5, 0.6) is 5.75 Å². The van der Waals surface area contributed by atoms with E-state index < -0.39 is 11.7 Å². The summed E-state index contributed by atoms with van der Waals surface area (Å²) in [5.74, 6) is 1.11. The highest BCUT2D eigenvalue weighted by Crippen LogP contribution is 2.33. The molecule has 196 valence electrons. The number of carbonyl (C=O) groups is 1. The zero-order valence-electron chi connectivity index (χ0n) is 20.7. The van der Waals surface area contributed by atoms with Crippen molar-refractivity contribution >= 4 is 17.3 Å². The fourth-order valence-corrected chi connectivity index (χ4v) is 5.16. The van der Waals surface area contributed by atoms with E-state index in [0.717, 1.165) is 69.7 Å². The molecule has 0 unspecified atom stereocenters. The van der Waals surface area contributed by atoms with Crippen LogP contribution in [-0.4, -0.2) is 61.6 Å². The number of alkyl halides is 3. The van der Waals surface area contributed by atoms with Crippen LogP contribution in [0.3, 0.4) is 0 Å². The standard InChI is InChI=1S/C27H35F3N4O2/c1-36-25-18-23(6-7-24(25)31)32-22-10-16-34(17-11-22)26(35)12-15-33-13-8-20(9-14-33)19-2-4-21(5-3-19)27(28,29)30/h2-7,18,20,22,32H,8-17,31H2,1H3. The van der Waals surface area contributed by atoms with Crippen LogP contribution in [0.1, 0.15) is 49.1 Å². The Hall–Kier alpha value is -2.94. The Morgan fingerprint density at radius 2 is 1.69 bits per heavy atom. The lowest BCUT2D eigenvalue weighted by molar-refractivity contribution is -0.137. The Bertz CT molecular complexity index is 1010. The van der Waals surface area contributed by atoms with E-state index in [9.17, 15) is 18.0 Å². The van der Waals surface area contributed by atoms with Gasteiger partial charge < -0.3 is 25.6 Å². The van der Waals surface area contributed by atoms with E-state index in [2.05, 4.69) is 10.2 Å². The largest absolute Gasteiger partial charge is 0.495 e. The fourth-order valence-electron chi connectivity index (χ4n) is 5.16. The molecule has 36 heavy (non-hydrogen) atoms. The van der Waals surface area contributed by atoms with Crippen molar-refractivity contribution in [3.8, 4) is 5.75 Å². The molecule has 1 amide bonds. The van der Waals surface area contributed by atoms with Gasteiger partial charge in [0.15, 0.2) is 0 Å². The van der Waals surface area contributed by atoms with Crippen molar-refractivity contribution < 1.29 is 22.7 Å². The van der Waals surface area contributed by atoms with Gasteiger partial charge in [-0.25, -0.2) is 0 Å². The molecule has 2 aromatic rings. The number of nitrogens with one attached hydrogen (secondary N) is 1. The minimum absolute atomic E-state index is 0.187. The smallest absolute Gasteiger partial charge is 0.416 e. The maximum atomic E-state index is 12.8. The number of benzene rings is 2. The topological polar surface area (TPSA) is 70.8 Å². The quantitative estimate of drug-likeness (QED) is 0.521. The number of anilines is 2. The van der Waals surface area contributed by atoms with Crippen molar-refractivity contribution in [3.63, 3.8) is 0 Å². The molecule has 2 aromatic carbocycles. The normalized spacial score (nSPS) is 18.3. The molecule has 0 spiro atoms. The Kier molecular flexibility index (Phi) is 8.28. The van der Waals surface area contributed by atoms with Gasteiger partial charge in [-0.1, -0.05) is 12.1 Å². The Morgan fingerprint density at radius 1 is 1.03 bits per heavy atom. The highest BCUT2D eigenvalue weighted by molar-refractivity contribution is 5.76. The van der Waals surface area contributed by atoms with Crippen LogP contribution in [0.4, 0.5) is 24.5 Å². The minimum Gasteiger partial charge on any atom is -0.495 e. The third-order valence-electron chi connectivity index (χ3n) is 7.39. The van der Waals surface area contributed by atoms with Gasteiger partial charge >= 0.3 is 6.18 Å². The summed E-state index contributed by atoms with van der Waals surface area (Å²) in [4.78, 5) is 17.0. The van der Waals surface area contributed by atoms with Crippen LogP contribution >= 0.6 is 0 Å². The fraction of sp³-hybridized carbons (Fsp3) is 0.519. The number of methoxy groups -OCH3 is 1. The van der Waals surface area contributed by atoms with E-state index in [1.54, 1.807) is 19.2 Å². The SMILES string of the molecule is COc1cc(NC2CCN(C(=O)CCN3CCC(c4ccc(C(F)(F)F)cc4)CC3)CC2)ccc1N. The number of hydrogen-bond acceptors (Lipinski definition) is 5. The number of nitrogen functional groups attached to an aromatic ring is 1. The predicted molar refractivity (Wildman–Crippen MR) is 135 cm³/mol. The lowest BCUT2D eigenvalue weighted by atomic mass is 9.89.